The van der Waals surface area contributed by atoms with Crippen molar-refractivity contribution in [3.8, 4) is 11.5 Å². The first-order chi connectivity index (χ1) is 19.2. The second-order valence-corrected chi connectivity index (χ2v) is 9.94. The molecule has 3 amide bonds. The molecule has 4 rings (SSSR count). The van der Waals surface area contributed by atoms with Crippen LogP contribution in [0.2, 0.25) is 0 Å². The van der Waals surface area contributed by atoms with Crippen LogP contribution >= 0.6 is 11.8 Å². The van der Waals surface area contributed by atoms with Crippen molar-refractivity contribution in [2.24, 2.45) is 0 Å². The highest BCUT2D eigenvalue weighted by Crippen LogP contribution is 2.36. The molecule has 1 fully saturated rings. The summed E-state index contributed by atoms with van der Waals surface area (Å²) in [6, 6.07) is 16.7. The Hall–Kier alpha value is -4.64. The van der Waals surface area contributed by atoms with Gasteiger partial charge in [0.05, 0.1) is 23.0 Å². The van der Waals surface area contributed by atoms with Crippen LogP contribution in [0.1, 0.15) is 29.2 Å². The number of anilines is 1. The van der Waals surface area contributed by atoms with E-state index in [1.165, 1.54) is 18.2 Å². The number of hydrogen-bond acceptors (Lipinski definition) is 8. The molecule has 40 heavy (non-hydrogen) atoms. The Morgan fingerprint density at radius 2 is 1.82 bits per heavy atom. The van der Waals surface area contributed by atoms with Crippen molar-refractivity contribution in [1.29, 1.82) is 0 Å². The molecule has 0 atom stereocenters. The Labute approximate surface area is 235 Å². The molecule has 1 aliphatic heterocycles. The van der Waals surface area contributed by atoms with Gasteiger partial charge in [0, 0.05) is 17.3 Å². The maximum atomic E-state index is 13.0. The van der Waals surface area contributed by atoms with Gasteiger partial charge in [0.15, 0.2) is 18.1 Å². The Balaban J connectivity index is 1.46. The van der Waals surface area contributed by atoms with E-state index in [0.717, 1.165) is 27.8 Å². The van der Waals surface area contributed by atoms with Crippen molar-refractivity contribution in [2.75, 3.05) is 18.5 Å². The van der Waals surface area contributed by atoms with Crippen LogP contribution in [0.15, 0.2) is 65.6 Å². The molecule has 3 aromatic rings. The van der Waals surface area contributed by atoms with E-state index in [1.807, 2.05) is 32.0 Å². The van der Waals surface area contributed by atoms with E-state index in [1.54, 1.807) is 37.3 Å². The molecule has 0 spiro atoms. The lowest BCUT2D eigenvalue weighted by Gasteiger charge is -2.14. The van der Waals surface area contributed by atoms with Gasteiger partial charge >= 0.3 is 0 Å². The summed E-state index contributed by atoms with van der Waals surface area (Å²) in [7, 11) is 0. The number of hydrogen-bond donors (Lipinski definition) is 1. The third-order valence-corrected chi connectivity index (χ3v) is 6.88. The second kappa shape index (κ2) is 12.5. The number of amides is 3. The Bertz CT molecular complexity index is 1520. The summed E-state index contributed by atoms with van der Waals surface area (Å²) in [5, 5.41) is 13.6. The molecule has 1 heterocycles. The van der Waals surface area contributed by atoms with Crippen LogP contribution in [0.25, 0.3) is 6.08 Å². The smallest absolute Gasteiger partial charge is 0.293 e. The molecule has 11 heteroatoms. The van der Waals surface area contributed by atoms with Crippen LogP contribution in [0.3, 0.4) is 0 Å². The number of ether oxygens (including phenoxy) is 2. The third kappa shape index (κ3) is 6.67. The lowest BCUT2D eigenvalue weighted by Crippen LogP contribution is -2.27. The van der Waals surface area contributed by atoms with E-state index in [2.05, 4.69) is 5.32 Å². The average Bonchev–Trinajstić information content (AvgIpc) is 3.17. The van der Waals surface area contributed by atoms with Gasteiger partial charge in [-0.15, -0.1) is 0 Å². The van der Waals surface area contributed by atoms with E-state index >= 15 is 0 Å². The first-order valence-corrected chi connectivity index (χ1v) is 13.2. The summed E-state index contributed by atoms with van der Waals surface area (Å²) < 4.78 is 11.4. The standard InChI is InChI=1S/C29H27N3O7S/c1-4-38-25-14-20(10-12-24(25)39-17-27(33)30-22-11-9-18(2)13-19(22)3)15-26-28(34)31(29(35)40-26)16-21-7-5-6-8-23(21)32(36)37/h5-15H,4,16-17H2,1-3H3,(H,30,33)/b26-15-. The molecule has 10 nitrogen and oxygen atoms in total. The van der Waals surface area contributed by atoms with E-state index in [-0.39, 0.29) is 35.2 Å². The van der Waals surface area contributed by atoms with Crippen LogP contribution in [0.5, 0.6) is 11.5 Å². The summed E-state index contributed by atoms with van der Waals surface area (Å²) in [5.74, 6) is -0.158. The highest BCUT2D eigenvalue weighted by atomic mass is 32.2. The van der Waals surface area contributed by atoms with Crippen molar-refractivity contribution in [2.45, 2.75) is 27.3 Å². The first kappa shape index (κ1) is 28.4. The molecular weight excluding hydrogens is 534 g/mol. The zero-order valence-corrected chi connectivity index (χ0v) is 22.9. The molecule has 0 saturated carbocycles. The minimum absolute atomic E-state index is 0.162. The lowest BCUT2D eigenvalue weighted by molar-refractivity contribution is -0.385. The SMILES string of the molecule is CCOc1cc(/C=C2\SC(=O)N(Cc3ccccc3[N+](=O)[O-])C2=O)ccc1OCC(=O)Nc1ccc(C)cc1C. The van der Waals surface area contributed by atoms with Crippen LogP contribution in [-0.4, -0.2) is 40.1 Å². The zero-order chi connectivity index (χ0) is 28.8. The summed E-state index contributed by atoms with van der Waals surface area (Å²) in [4.78, 5) is 50.0. The molecule has 0 aromatic heterocycles. The summed E-state index contributed by atoms with van der Waals surface area (Å²) in [6.07, 6.45) is 1.55. The number of nitro benzene ring substituents is 1. The molecule has 1 N–H and O–H groups in total. The highest BCUT2D eigenvalue weighted by molar-refractivity contribution is 8.18. The number of imide groups is 1. The van der Waals surface area contributed by atoms with Crippen molar-refractivity contribution in [1.82, 2.24) is 4.90 Å². The van der Waals surface area contributed by atoms with Crippen molar-refractivity contribution < 1.29 is 28.8 Å². The normalized spacial score (nSPS) is 14.0. The second-order valence-electron chi connectivity index (χ2n) is 8.95. The summed E-state index contributed by atoms with van der Waals surface area (Å²) in [5.41, 5.74) is 3.42. The van der Waals surface area contributed by atoms with Gasteiger partial charge in [0.25, 0.3) is 22.7 Å². The molecule has 0 radical (unpaired) electrons. The number of nitrogens with zero attached hydrogens (tertiary/aromatic N) is 2. The Kier molecular flexibility index (Phi) is 8.85. The molecule has 0 bridgehead atoms. The highest BCUT2D eigenvalue weighted by Gasteiger charge is 2.36. The van der Waals surface area contributed by atoms with Crippen LogP contribution < -0.4 is 14.8 Å². The first-order valence-electron chi connectivity index (χ1n) is 12.4. The lowest BCUT2D eigenvalue weighted by atomic mass is 10.1. The predicted molar refractivity (Wildman–Crippen MR) is 152 cm³/mol. The van der Waals surface area contributed by atoms with Gasteiger partial charge in [-0.2, -0.15) is 0 Å². The van der Waals surface area contributed by atoms with Gasteiger partial charge in [0.2, 0.25) is 0 Å². The largest absolute Gasteiger partial charge is 0.490 e. The zero-order valence-electron chi connectivity index (χ0n) is 22.1. The molecule has 206 valence electrons. The van der Waals surface area contributed by atoms with Crippen molar-refractivity contribution in [3.63, 3.8) is 0 Å². The number of carbonyl (C=O) groups is 3. The summed E-state index contributed by atoms with van der Waals surface area (Å²) >= 11 is 0.754. The van der Waals surface area contributed by atoms with Gasteiger partial charge in [0.1, 0.15) is 0 Å². The maximum Gasteiger partial charge on any atom is 0.293 e. The fraction of sp³-hybridized carbons (Fsp3) is 0.207. The van der Waals surface area contributed by atoms with Crippen molar-refractivity contribution in [3.05, 3.63) is 97.9 Å². The topological polar surface area (TPSA) is 128 Å². The molecular formula is C29H27N3O7S. The number of nitrogens with one attached hydrogen (secondary N) is 1. The van der Waals surface area contributed by atoms with Crippen LogP contribution in [0.4, 0.5) is 16.2 Å². The van der Waals surface area contributed by atoms with Gasteiger partial charge in [-0.05, 0) is 67.9 Å². The number of para-hydroxylation sites is 1. The number of carbonyl (C=O) groups excluding carboxylic acids is 3. The number of thioether (sulfide) groups is 1. The monoisotopic (exact) mass is 561 g/mol. The van der Waals surface area contributed by atoms with E-state index in [0.29, 0.717) is 29.4 Å². The van der Waals surface area contributed by atoms with Crippen molar-refractivity contribution >= 4 is 46.3 Å². The minimum Gasteiger partial charge on any atom is -0.490 e. The Morgan fingerprint density at radius 3 is 2.55 bits per heavy atom. The molecule has 1 saturated heterocycles. The van der Waals surface area contributed by atoms with Gasteiger partial charge in [-0.25, -0.2) is 0 Å². The van der Waals surface area contributed by atoms with Crippen LogP contribution in [0, 0.1) is 24.0 Å². The van der Waals surface area contributed by atoms with E-state index in [4.69, 9.17) is 9.47 Å². The van der Waals surface area contributed by atoms with E-state index < -0.39 is 16.1 Å². The average molecular weight is 562 g/mol. The quantitative estimate of drug-likeness (QED) is 0.185. The van der Waals surface area contributed by atoms with Gasteiger partial charge in [-0.1, -0.05) is 42.0 Å². The molecule has 0 unspecified atom stereocenters. The minimum atomic E-state index is -0.547. The maximum absolute atomic E-state index is 13.0. The van der Waals surface area contributed by atoms with Crippen LogP contribution in [-0.2, 0) is 16.1 Å². The molecule has 0 aliphatic carbocycles. The third-order valence-electron chi connectivity index (χ3n) is 5.97. The molecule has 1 aliphatic rings. The van der Waals surface area contributed by atoms with E-state index in [9.17, 15) is 24.5 Å². The molecule has 3 aromatic carbocycles. The summed E-state index contributed by atoms with van der Waals surface area (Å²) in [6.45, 7) is 5.58. The fourth-order valence-corrected chi connectivity index (χ4v) is 4.90. The Morgan fingerprint density at radius 1 is 1.05 bits per heavy atom. The number of benzene rings is 3. The predicted octanol–water partition coefficient (Wildman–Crippen LogP) is 5.86. The number of nitro groups is 1. The fourth-order valence-electron chi connectivity index (χ4n) is 4.07. The van der Waals surface area contributed by atoms with Gasteiger partial charge in [-0.3, -0.25) is 29.4 Å². The van der Waals surface area contributed by atoms with Gasteiger partial charge < -0.3 is 14.8 Å². The number of rotatable bonds is 10. The number of aryl methyl sites for hydroxylation is 2.